The smallest absolute Gasteiger partial charge is 0.143 e. The van der Waals surface area contributed by atoms with E-state index in [0.29, 0.717) is 10.8 Å². The average molecular weight is 387 g/mol. The fourth-order valence-electron chi connectivity index (χ4n) is 2.89. The number of aromatic nitrogens is 3. The number of aryl methyl sites for hydroxylation is 1. The summed E-state index contributed by atoms with van der Waals surface area (Å²) >= 11 is 6.06. The number of fused-ring (bicyclic) bond motifs is 1. The minimum atomic E-state index is 0. The molecule has 0 fully saturated rings. The summed E-state index contributed by atoms with van der Waals surface area (Å²) in [6, 6.07) is 14.5. The zero-order valence-corrected chi connectivity index (χ0v) is 15.4. The summed E-state index contributed by atoms with van der Waals surface area (Å²) in [5.74, 6) is 0.951. The molecule has 0 aliphatic carbocycles. The summed E-state index contributed by atoms with van der Waals surface area (Å²) in [7, 11) is 0. The van der Waals surface area contributed by atoms with Gasteiger partial charge in [-0.15, -0.1) is 12.4 Å². The largest absolute Gasteiger partial charge is 0.508 e. The van der Waals surface area contributed by atoms with Crippen molar-refractivity contribution in [1.29, 1.82) is 0 Å². The first kappa shape index (κ1) is 18.0. The molecule has 0 aliphatic rings. The molecular weight excluding hydrogens is 371 g/mol. The lowest BCUT2D eigenvalue weighted by Gasteiger charge is -2.07. The number of rotatable bonds is 3. The van der Waals surface area contributed by atoms with Crippen molar-refractivity contribution < 1.29 is 5.11 Å². The van der Waals surface area contributed by atoms with E-state index in [2.05, 4.69) is 20.3 Å². The molecular formula is C19H16Cl2N4O. The number of aromatic amines is 1. The van der Waals surface area contributed by atoms with Gasteiger partial charge >= 0.3 is 0 Å². The Morgan fingerprint density at radius 1 is 1.08 bits per heavy atom. The minimum Gasteiger partial charge on any atom is -0.508 e. The zero-order chi connectivity index (χ0) is 17.4. The van der Waals surface area contributed by atoms with Crippen LogP contribution in [0.15, 0.2) is 54.9 Å². The highest BCUT2D eigenvalue weighted by Crippen LogP contribution is 2.33. The third kappa shape index (κ3) is 3.31. The topological polar surface area (TPSA) is 73.8 Å². The van der Waals surface area contributed by atoms with E-state index in [1.807, 2.05) is 43.3 Å². The third-order valence-electron chi connectivity index (χ3n) is 4.08. The highest BCUT2D eigenvalue weighted by atomic mass is 35.5. The molecule has 0 atom stereocenters. The molecule has 0 saturated carbocycles. The molecule has 5 nitrogen and oxygen atoms in total. The number of anilines is 2. The maximum Gasteiger partial charge on any atom is 0.143 e. The molecule has 2 aromatic heterocycles. The molecule has 3 N–H and O–H groups in total. The van der Waals surface area contributed by atoms with Crippen LogP contribution in [0.1, 0.15) is 5.56 Å². The zero-order valence-electron chi connectivity index (χ0n) is 13.8. The van der Waals surface area contributed by atoms with Crippen LogP contribution in [0.2, 0.25) is 5.02 Å². The summed E-state index contributed by atoms with van der Waals surface area (Å²) in [5.41, 5.74) is 4.57. The number of phenols is 1. The molecule has 0 bridgehead atoms. The van der Waals surface area contributed by atoms with Gasteiger partial charge in [0.2, 0.25) is 0 Å². The van der Waals surface area contributed by atoms with Gasteiger partial charge in [-0.2, -0.15) is 0 Å². The van der Waals surface area contributed by atoms with Gasteiger partial charge in [-0.3, -0.25) is 0 Å². The van der Waals surface area contributed by atoms with Crippen molar-refractivity contribution in [2.24, 2.45) is 0 Å². The molecule has 2 heterocycles. The van der Waals surface area contributed by atoms with Gasteiger partial charge in [0.15, 0.2) is 0 Å². The second-order valence-corrected chi connectivity index (χ2v) is 6.19. The molecule has 0 radical (unpaired) electrons. The van der Waals surface area contributed by atoms with E-state index in [-0.39, 0.29) is 18.2 Å². The van der Waals surface area contributed by atoms with Gasteiger partial charge < -0.3 is 15.4 Å². The van der Waals surface area contributed by atoms with Crippen molar-refractivity contribution in [3.05, 3.63) is 65.4 Å². The van der Waals surface area contributed by atoms with Gasteiger partial charge in [-0.05, 0) is 60.5 Å². The maximum absolute atomic E-state index is 9.49. The van der Waals surface area contributed by atoms with E-state index in [0.717, 1.165) is 33.5 Å². The van der Waals surface area contributed by atoms with Crippen LogP contribution < -0.4 is 5.32 Å². The summed E-state index contributed by atoms with van der Waals surface area (Å²) < 4.78 is 0. The molecule has 4 rings (SSSR count). The summed E-state index contributed by atoms with van der Waals surface area (Å²) in [6.07, 6.45) is 1.52. The molecule has 0 unspecified atom stereocenters. The summed E-state index contributed by atoms with van der Waals surface area (Å²) in [4.78, 5) is 12.1. The van der Waals surface area contributed by atoms with Gasteiger partial charge in [0, 0.05) is 10.7 Å². The number of nitrogens with one attached hydrogen (secondary N) is 2. The highest BCUT2D eigenvalue weighted by Gasteiger charge is 2.15. The highest BCUT2D eigenvalue weighted by molar-refractivity contribution is 6.30. The Hall–Kier alpha value is -2.76. The number of benzene rings is 2. The molecule has 7 heteroatoms. The van der Waals surface area contributed by atoms with Gasteiger partial charge in [-0.25, -0.2) is 9.97 Å². The van der Waals surface area contributed by atoms with Crippen molar-refractivity contribution in [3.8, 4) is 17.0 Å². The average Bonchev–Trinajstić information content (AvgIpc) is 2.94. The van der Waals surface area contributed by atoms with Gasteiger partial charge in [-0.1, -0.05) is 17.7 Å². The molecule has 0 aliphatic heterocycles. The standard InChI is InChI=1S/C19H15ClN4O.ClH/c1-11-16-18(23-14-4-2-3-13(20)9-14)21-10-22-19(16)24-17(11)12-5-7-15(25)8-6-12;/h2-10,25H,1H3,(H2,21,22,23,24);1H. The van der Waals surface area contributed by atoms with Crippen molar-refractivity contribution in [3.63, 3.8) is 0 Å². The Morgan fingerprint density at radius 2 is 1.85 bits per heavy atom. The van der Waals surface area contributed by atoms with E-state index in [1.165, 1.54) is 6.33 Å². The minimum absolute atomic E-state index is 0. The van der Waals surface area contributed by atoms with Crippen molar-refractivity contribution in [2.75, 3.05) is 5.32 Å². The third-order valence-corrected chi connectivity index (χ3v) is 4.32. The van der Waals surface area contributed by atoms with Crippen molar-refractivity contribution in [2.45, 2.75) is 6.92 Å². The van der Waals surface area contributed by atoms with Crippen LogP contribution in [0.5, 0.6) is 5.75 Å². The van der Waals surface area contributed by atoms with Crippen molar-refractivity contribution in [1.82, 2.24) is 15.0 Å². The summed E-state index contributed by atoms with van der Waals surface area (Å²) in [6.45, 7) is 2.02. The first-order valence-corrected chi connectivity index (χ1v) is 8.15. The Labute approximate surface area is 161 Å². The number of hydrogen-bond acceptors (Lipinski definition) is 4. The number of aromatic hydroxyl groups is 1. The first-order chi connectivity index (χ1) is 12.1. The molecule has 132 valence electrons. The molecule has 0 spiro atoms. The van der Waals surface area contributed by atoms with Gasteiger partial charge in [0.1, 0.15) is 23.5 Å². The number of nitrogens with zero attached hydrogens (tertiary/aromatic N) is 2. The van der Waals surface area contributed by atoms with Crippen LogP contribution >= 0.6 is 24.0 Å². The monoisotopic (exact) mass is 386 g/mol. The normalized spacial score (nSPS) is 10.5. The lowest BCUT2D eigenvalue weighted by Crippen LogP contribution is -1.95. The fourth-order valence-corrected chi connectivity index (χ4v) is 3.08. The fraction of sp³-hybridized carbons (Fsp3) is 0.0526. The van der Waals surface area contributed by atoms with Gasteiger partial charge in [0.05, 0.1) is 11.1 Å². The molecule has 0 saturated heterocycles. The number of phenolic OH excluding ortho intramolecular Hbond substituents is 1. The number of halogens is 2. The SMILES string of the molecule is Cc1c(-c2ccc(O)cc2)[nH]c2ncnc(Nc3cccc(Cl)c3)c12.Cl. The van der Waals surface area contributed by atoms with E-state index in [9.17, 15) is 5.11 Å². The van der Waals surface area contributed by atoms with Crippen LogP contribution in [0, 0.1) is 6.92 Å². The first-order valence-electron chi connectivity index (χ1n) is 7.77. The lowest BCUT2D eigenvalue weighted by atomic mass is 10.1. The number of H-pyrrole nitrogens is 1. The predicted octanol–water partition coefficient (Wildman–Crippen LogP) is 5.46. The van der Waals surface area contributed by atoms with Crippen LogP contribution in [0.3, 0.4) is 0 Å². The quantitative estimate of drug-likeness (QED) is 0.437. The molecule has 2 aromatic carbocycles. The van der Waals surface area contributed by atoms with E-state index in [1.54, 1.807) is 12.1 Å². The van der Waals surface area contributed by atoms with Crippen molar-refractivity contribution >= 4 is 46.5 Å². The van der Waals surface area contributed by atoms with E-state index in [4.69, 9.17) is 11.6 Å². The molecule has 26 heavy (non-hydrogen) atoms. The van der Waals surface area contributed by atoms with Gasteiger partial charge in [0.25, 0.3) is 0 Å². The lowest BCUT2D eigenvalue weighted by molar-refractivity contribution is 0.475. The number of hydrogen-bond donors (Lipinski definition) is 3. The Bertz CT molecular complexity index is 1060. The summed E-state index contributed by atoms with van der Waals surface area (Å²) in [5, 5.41) is 14.4. The van der Waals surface area contributed by atoms with Crippen LogP contribution in [-0.2, 0) is 0 Å². The van der Waals surface area contributed by atoms with E-state index >= 15 is 0 Å². The molecule has 4 aromatic rings. The predicted molar refractivity (Wildman–Crippen MR) is 108 cm³/mol. The van der Waals surface area contributed by atoms with Crippen LogP contribution in [0.25, 0.3) is 22.3 Å². The molecule has 0 amide bonds. The Balaban J connectivity index is 0.00000196. The Morgan fingerprint density at radius 3 is 2.58 bits per heavy atom. The maximum atomic E-state index is 9.49. The van der Waals surface area contributed by atoms with E-state index < -0.39 is 0 Å². The second kappa shape index (κ2) is 7.23. The van der Waals surface area contributed by atoms with Crippen LogP contribution in [-0.4, -0.2) is 20.1 Å². The van der Waals surface area contributed by atoms with Crippen LogP contribution in [0.4, 0.5) is 11.5 Å². The Kier molecular flexibility index (Phi) is 5.02. The second-order valence-electron chi connectivity index (χ2n) is 5.75.